The molecule has 3 heteroatoms. The predicted octanol–water partition coefficient (Wildman–Crippen LogP) is 4.72. The maximum Gasteiger partial charge on any atom is 0.0621 e. The van der Waals surface area contributed by atoms with Crippen molar-refractivity contribution in [2.24, 2.45) is 0 Å². The predicted molar refractivity (Wildman–Crippen MR) is 75.8 cm³/mol. The third kappa shape index (κ3) is 3.30. The summed E-state index contributed by atoms with van der Waals surface area (Å²) in [7, 11) is 0. The molecular formula is C14H13BrClN. The van der Waals surface area contributed by atoms with Gasteiger partial charge in [0.15, 0.2) is 0 Å². The summed E-state index contributed by atoms with van der Waals surface area (Å²) in [4.78, 5) is 4.27. The standard InChI is InChI=1S/C14H13BrClN/c1-10-3-2-4-11(7-10)13(15)8-12-5-6-17-9-14(12)16/h2-7,9,13H,8H2,1H3. The van der Waals surface area contributed by atoms with E-state index in [1.54, 1.807) is 12.4 Å². The van der Waals surface area contributed by atoms with Gasteiger partial charge in [0.25, 0.3) is 0 Å². The lowest BCUT2D eigenvalue weighted by molar-refractivity contribution is 0.943. The maximum absolute atomic E-state index is 6.10. The van der Waals surface area contributed by atoms with E-state index in [1.807, 2.05) is 6.07 Å². The molecule has 1 aromatic carbocycles. The van der Waals surface area contributed by atoms with Gasteiger partial charge >= 0.3 is 0 Å². The van der Waals surface area contributed by atoms with Crippen LogP contribution in [0.5, 0.6) is 0 Å². The molecule has 0 spiro atoms. The minimum atomic E-state index is 0.280. The number of pyridine rings is 1. The van der Waals surface area contributed by atoms with Crippen molar-refractivity contribution in [3.8, 4) is 0 Å². The van der Waals surface area contributed by atoms with Gasteiger partial charge in [0, 0.05) is 17.2 Å². The van der Waals surface area contributed by atoms with E-state index in [1.165, 1.54) is 11.1 Å². The fourth-order valence-electron chi connectivity index (χ4n) is 1.75. The molecule has 1 nitrogen and oxygen atoms in total. The molecule has 1 atom stereocenters. The highest BCUT2D eigenvalue weighted by molar-refractivity contribution is 9.09. The molecule has 0 aliphatic heterocycles. The molecule has 0 saturated heterocycles. The van der Waals surface area contributed by atoms with Crippen LogP contribution in [0.3, 0.4) is 0 Å². The number of benzene rings is 1. The van der Waals surface area contributed by atoms with Crippen LogP contribution in [0.2, 0.25) is 5.02 Å². The average molecular weight is 311 g/mol. The van der Waals surface area contributed by atoms with Gasteiger partial charge in [0.2, 0.25) is 0 Å². The molecule has 0 aliphatic carbocycles. The molecule has 0 radical (unpaired) electrons. The van der Waals surface area contributed by atoms with Gasteiger partial charge in [-0.15, -0.1) is 0 Å². The van der Waals surface area contributed by atoms with E-state index in [0.29, 0.717) is 0 Å². The first-order chi connectivity index (χ1) is 8.16. The van der Waals surface area contributed by atoms with Crippen LogP contribution < -0.4 is 0 Å². The summed E-state index contributed by atoms with van der Waals surface area (Å²) >= 11 is 9.82. The van der Waals surface area contributed by atoms with Gasteiger partial charge in [-0.05, 0) is 30.5 Å². The monoisotopic (exact) mass is 309 g/mol. The minimum Gasteiger partial charge on any atom is -0.263 e. The lowest BCUT2D eigenvalue weighted by atomic mass is 10.0. The number of hydrogen-bond acceptors (Lipinski definition) is 1. The van der Waals surface area contributed by atoms with Gasteiger partial charge in [-0.2, -0.15) is 0 Å². The molecule has 0 N–H and O–H groups in total. The molecule has 17 heavy (non-hydrogen) atoms. The summed E-state index contributed by atoms with van der Waals surface area (Å²) in [6, 6.07) is 10.5. The van der Waals surface area contributed by atoms with E-state index in [2.05, 4.69) is 52.1 Å². The number of hydrogen-bond donors (Lipinski definition) is 0. The highest BCUT2D eigenvalue weighted by Crippen LogP contribution is 2.29. The summed E-state index contributed by atoms with van der Waals surface area (Å²) in [5.41, 5.74) is 3.66. The summed E-state index contributed by atoms with van der Waals surface area (Å²) in [6.07, 6.45) is 4.33. The highest BCUT2D eigenvalue weighted by atomic mass is 79.9. The van der Waals surface area contributed by atoms with Crippen molar-refractivity contribution in [3.05, 3.63) is 64.4 Å². The largest absolute Gasteiger partial charge is 0.263 e. The Labute approximate surface area is 115 Å². The van der Waals surface area contributed by atoms with Crippen molar-refractivity contribution in [1.29, 1.82) is 0 Å². The van der Waals surface area contributed by atoms with Crippen LogP contribution in [-0.2, 0) is 6.42 Å². The first-order valence-electron chi connectivity index (χ1n) is 5.46. The molecule has 2 aromatic rings. The number of alkyl halides is 1. The number of rotatable bonds is 3. The lowest BCUT2D eigenvalue weighted by Crippen LogP contribution is -1.97. The third-order valence-corrected chi connectivity index (χ3v) is 3.85. The topological polar surface area (TPSA) is 12.9 Å². The van der Waals surface area contributed by atoms with Crippen molar-refractivity contribution >= 4 is 27.5 Å². The van der Waals surface area contributed by atoms with Gasteiger partial charge in [-0.1, -0.05) is 57.4 Å². The Hall–Kier alpha value is -0.860. The fourth-order valence-corrected chi connectivity index (χ4v) is 2.58. The Morgan fingerprint density at radius 3 is 2.88 bits per heavy atom. The van der Waals surface area contributed by atoms with Crippen LogP contribution in [0.15, 0.2) is 42.7 Å². The van der Waals surface area contributed by atoms with Crippen molar-refractivity contribution in [3.63, 3.8) is 0 Å². The SMILES string of the molecule is Cc1cccc(C(Br)Cc2ccncc2Cl)c1. The first-order valence-corrected chi connectivity index (χ1v) is 6.75. The normalized spacial score (nSPS) is 12.4. The quantitative estimate of drug-likeness (QED) is 0.747. The zero-order valence-electron chi connectivity index (χ0n) is 9.53. The van der Waals surface area contributed by atoms with Crippen molar-refractivity contribution in [1.82, 2.24) is 4.98 Å². The molecule has 1 aromatic heterocycles. The molecule has 88 valence electrons. The third-order valence-electron chi connectivity index (χ3n) is 2.66. The van der Waals surface area contributed by atoms with E-state index in [-0.39, 0.29) is 4.83 Å². The second kappa shape index (κ2) is 5.65. The Bertz CT molecular complexity index is 513. The Morgan fingerprint density at radius 2 is 2.18 bits per heavy atom. The van der Waals surface area contributed by atoms with Gasteiger partial charge < -0.3 is 0 Å². The maximum atomic E-state index is 6.10. The summed E-state index contributed by atoms with van der Waals surface area (Å²) in [5.74, 6) is 0. The summed E-state index contributed by atoms with van der Waals surface area (Å²) in [5, 5.41) is 0.726. The zero-order chi connectivity index (χ0) is 12.3. The van der Waals surface area contributed by atoms with Crippen LogP contribution in [0.25, 0.3) is 0 Å². The van der Waals surface area contributed by atoms with E-state index in [4.69, 9.17) is 11.6 Å². The molecule has 0 aliphatic rings. The van der Waals surface area contributed by atoms with Gasteiger partial charge in [-0.3, -0.25) is 4.98 Å². The Morgan fingerprint density at radius 1 is 1.35 bits per heavy atom. The van der Waals surface area contributed by atoms with E-state index in [9.17, 15) is 0 Å². The van der Waals surface area contributed by atoms with Crippen LogP contribution >= 0.6 is 27.5 Å². The molecule has 0 saturated carbocycles. The lowest BCUT2D eigenvalue weighted by Gasteiger charge is -2.11. The Balaban J connectivity index is 2.17. The summed E-state index contributed by atoms with van der Waals surface area (Å²) in [6.45, 7) is 2.10. The Kier molecular flexibility index (Phi) is 4.19. The molecule has 1 heterocycles. The van der Waals surface area contributed by atoms with Crippen LogP contribution in [0.1, 0.15) is 21.5 Å². The average Bonchev–Trinajstić information content (AvgIpc) is 2.32. The molecule has 0 fully saturated rings. The van der Waals surface area contributed by atoms with Gasteiger partial charge in [-0.25, -0.2) is 0 Å². The van der Waals surface area contributed by atoms with Crippen molar-refractivity contribution in [2.45, 2.75) is 18.2 Å². The van der Waals surface area contributed by atoms with E-state index >= 15 is 0 Å². The van der Waals surface area contributed by atoms with Crippen molar-refractivity contribution < 1.29 is 0 Å². The van der Waals surface area contributed by atoms with E-state index < -0.39 is 0 Å². The number of aryl methyl sites for hydroxylation is 1. The summed E-state index contributed by atoms with van der Waals surface area (Å²) < 4.78 is 0. The zero-order valence-corrected chi connectivity index (χ0v) is 11.9. The van der Waals surface area contributed by atoms with Crippen LogP contribution in [-0.4, -0.2) is 4.98 Å². The number of halogens is 2. The smallest absolute Gasteiger partial charge is 0.0621 e. The van der Waals surface area contributed by atoms with Gasteiger partial charge in [0.1, 0.15) is 0 Å². The highest BCUT2D eigenvalue weighted by Gasteiger charge is 2.10. The second-order valence-corrected chi connectivity index (χ2v) is 5.57. The minimum absolute atomic E-state index is 0.280. The molecule has 1 unspecified atom stereocenters. The molecule has 2 rings (SSSR count). The molecular weight excluding hydrogens is 298 g/mol. The number of nitrogens with zero attached hydrogens (tertiary/aromatic N) is 1. The van der Waals surface area contributed by atoms with Gasteiger partial charge in [0.05, 0.1) is 5.02 Å². The molecule has 0 bridgehead atoms. The molecule has 0 amide bonds. The number of aromatic nitrogens is 1. The van der Waals surface area contributed by atoms with E-state index in [0.717, 1.165) is 17.0 Å². The van der Waals surface area contributed by atoms with Crippen molar-refractivity contribution in [2.75, 3.05) is 0 Å². The second-order valence-electron chi connectivity index (χ2n) is 4.05. The van der Waals surface area contributed by atoms with Crippen LogP contribution in [0.4, 0.5) is 0 Å². The van der Waals surface area contributed by atoms with Crippen LogP contribution in [0, 0.1) is 6.92 Å². The first kappa shape index (κ1) is 12.6. The fraction of sp³-hybridized carbons (Fsp3) is 0.214.